The summed E-state index contributed by atoms with van der Waals surface area (Å²) in [5.74, 6) is -0.142. The second kappa shape index (κ2) is 9.73. The van der Waals surface area contributed by atoms with E-state index in [1.54, 1.807) is 0 Å². The van der Waals surface area contributed by atoms with E-state index in [0.29, 0.717) is 16.3 Å². The molecule has 3 aromatic rings. The van der Waals surface area contributed by atoms with Gasteiger partial charge in [0.15, 0.2) is 0 Å². The second-order valence-corrected chi connectivity index (χ2v) is 8.66. The molecule has 1 heterocycles. The van der Waals surface area contributed by atoms with Crippen molar-refractivity contribution in [2.75, 3.05) is 36.4 Å². The largest absolute Gasteiger partial charge is 0.368 e. The minimum absolute atomic E-state index is 0.142. The first-order valence-corrected chi connectivity index (χ1v) is 11.1. The fourth-order valence-electron chi connectivity index (χ4n) is 3.76. The minimum Gasteiger partial charge on any atom is -0.368 e. The third-order valence-corrected chi connectivity index (χ3v) is 6.26. The van der Waals surface area contributed by atoms with Crippen molar-refractivity contribution >= 4 is 40.5 Å². The van der Waals surface area contributed by atoms with Crippen LogP contribution < -0.4 is 10.2 Å². The van der Waals surface area contributed by atoms with Gasteiger partial charge in [-0.3, -0.25) is 9.69 Å². The Morgan fingerprint density at radius 1 is 0.903 bits per heavy atom. The molecule has 0 atom stereocenters. The maximum atomic E-state index is 12.5. The molecular formula is C25H25Cl2N3O. The van der Waals surface area contributed by atoms with Gasteiger partial charge in [0.25, 0.3) is 5.91 Å². The molecule has 0 unspecified atom stereocenters. The first-order valence-electron chi connectivity index (χ1n) is 10.4. The summed E-state index contributed by atoms with van der Waals surface area (Å²) in [6, 6.07) is 21.2. The van der Waals surface area contributed by atoms with Crippen molar-refractivity contribution < 1.29 is 4.79 Å². The van der Waals surface area contributed by atoms with E-state index in [1.165, 1.54) is 0 Å². The van der Waals surface area contributed by atoms with Gasteiger partial charge in [-0.05, 0) is 48.9 Å². The van der Waals surface area contributed by atoms with Crippen LogP contribution in [0, 0.1) is 6.92 Å². The number of hydrogen-bond donors (Lipinski definition) is 1. The van der Waals surface area contributed by atoms with Crippen molar-refractivity contribution in [3.8, 4) is 0 Å². The quantitative estimate of drug-likeness (QED) is 0.523. The highest BCUT2D eigenvalue weighted by Crippen LogP contribution is 2.30. The van der Waals surface area contributed by atoms with Gasteiger partial charge in [0.2, 0.25) is 0 Å². The van der Waals surface area contributed by atoms with Crippen molar-refractivity contribution in [3.05, 3.63) is 93.5 Å². The van der Waals surface area contributed by atoms with E-state index in [0.717, 1.165) is 54.6 Å². The Hall–Kier alpha value is -2.53. The van der Waals surface area contributed by atoms with Gasteiger partial charge in [0.1, 0.15) is 0 Å². The average Bonchev–Trinajstić information content (AvgIpc) is 2.77. The van der Waals surface area contributed by atoms with Crippen molar-refractivity contribution in [1.82, 2.24) is 4.90 Å². The SMILES string of the molecule is Cc1ccc(C(=O)Nc2ccc(N3CCN(Cc4ccccc4Cl)CC3)c(Cl)c2)cc1. The van der Waals surface area contributed by atoms with Crippen LogP contribution in [-0.2, 0) is 6.54 Å². The number of halogens is 2. The molecule has 3 aromatic carbocycles. The Morgan fingerprint density at radius 3 is 2.29 bits per heavy atom. The highest BCUT2D eigenvalue weighted by molar-refractivity contribution is 6.33. The van der Waals surface area contributed by atoms with Crippen LogP contribution in [0.5, 0.6) is 0 Å². The Bertz CT molecular complexity index is 1060. The normalized spacial score (nSPS) is 14.5. The fraction of sp³-hybridized carbons (Fsp3) is 0.240. The maximum absolute atomic E-state index is 12.5. The van der Waals surface area contributed by atoms with Gasteiger partial charge in [-0.2, -0.15) is 0 Å². The second-order valence-electron chi connectivity index (χ2n) is 7.84. The molecule has 4 rings (SSSR count). The van der Waals surface area contributed by atoms with E-state index in [9.17, 15) is 4.79 Å². The van der Waals surface area contributed by atoms with Gasteiger partial charge in [0.05, 0.1) is 10.7 Å². The molecule has 1 N–H and O–H groups in total. The minimum atomic E-state index is -0.142. The number of rotatable bonds is 5. The molecule has 31 heavy (non-hydrogen) atoms. The van der Waals surface area contributed by atoms with Crippen LogP contribution in [0.1, 0.15) is 21.5 Å². The Morgan fingerprint density at radius 2 is 1.61 bits per heavy atom. The van der Waals surface area contributed by atoms with Gasteiger partial charge in [-0.15, -0.1) is 0 Å². The van der Waals surface area contributed by atoms with Gasteiger partial charge < -0.3 is 10.2 Å². The zero-order valence-electron chi connectivity index (χ0n) is 17.4. The average molecular weight is 454 g/mol. The van der Waals surface area contributed by atoms with Gasteiger partial charge in [-0.1, -0.05) is 59.1 Å². The molecule has 1 aliphatic rings. The number of piperazine rings is 1. The summed E-state index contributed by atoms with van der Waals surface area (Å²) in [4.78, 5) is 17.1. The molecule has 4 nitrogen and oxygen atoms in total. The third-order valence-electron chi connectivity index (χ3n) is 5.58. The van der Waals surface area contributed by atoms with Crippen LogP contribution in [-0.4, -0.2) is 37.0 Å². The highest BCUT2D eigenvalue weighted by atomic mass is 35.5. The summed E-state index contributed by atoms with van der Waals surface area (Å²) < 4.78 is 0. The molecule has 1 fully saturated rings. The first-order chi connectivity index (χ1) is 15.0. The Balaban J connectivity index is 1.36. The number of carbonyl (C=O) groups is 1. The number of nitrogens with one attached hydrogen (secondary N) is 1. The van der Waals surface area contributed by atoms with E-state index in [2.05, 4.69) is 21.2 Å². The predicted octanol–water partition coefficient (Wildman–Crippen LogP) is 5.88. The number of aryl methyl sites for hydroxylation is 1. The topological polar surface area (TPSA) is 35.6 Å². The number of hydrogen-bond acceptors (Lipinski definition) is 3. The summed E-state index contributed by atoms with van der Waals surface area (Å²) >= 11 is 12.9. The lowest BCUT2D eigenvalue weighted by atomic mass is 10.1. The van der Waals surface area contributed by atoms with Crippen LogP contribution in [0.4, 0.5) is 11.4 Å². The van der Waals surface area contributed by atoms with Crippen molar-refractivity contribution in [3.63, 3.8) is 0 Å². The lowest BCUT2D eigenvalue weighted by Crippen LogP contribution is -2.46. The van der Waals surface area contributed by atoms with E-state index in [1.807, 2.05) is 67.6 Å². The van der Waals surface area contributed by atoms with Gasteiger partial charge >= 0.3 is 0 Å². The van der Waals surface area contributed by atoms with Crippen molar-refractivity contribution in [1.29, 1.82) is 0 Å². The number of amides is 1. The van der Waals surface area contributed by atoms with Crippen LogP contribution in [0.2, 0.25) is 10.0 Å². The molecule has 1 saturated heterocycles. The fourth-order valence-corrected chi connectivity index (χ4v) is 4.26. The molecule has 0 spiro atoms. The Kier molecular flexibility index (Phi) is 6.81. The van der Waals surface area contributed by atoms with Crippen LogP contribution >= 0.6 is 23.2 Å². The van der Waals surface area contributed by atoms with Crippen LogP contribution in [0.15, 0.2) is 66.7 Å². The maximum Gasteiger partial charge on any atom is 0.255 e. The standard InChI is InChI=1S/C25H25Cl2N3O/c1-18-6-8-19(9-7-18)25(31)28-21-10-11-24(23(27)16-21)30-14-12-29(13-15-30)17-20-4-2-3-5-22(20)26/h2-11,16H,12-15,17H2,1H3,(H,28,31). The molecule has 0 aromatic heterocycles. The van der Waals surface area contributed by atoms with Gasteiger partial charge in [0, 0.05) is 49.0 Å². The van der Waals surface area contributed by atoms with Gasteiger partial charge in [-0.25, -0.2) is 0 Å². The zero-order valence-corrected chi connectivity index (χ0v) is 19.0. The predicted molar refractivity (Wildman–Crippen MR) is 130 cm³/mol. The number of benzene rings is 3. The van der Waals surface area contributed by atoms with E-state index < -0.39 is 0 Å². The van der Waals surface area contributed by atoms with E-state index >= 15 is 0 Å². The molecule has 1 amide bonds. The lowest BCUT2D eigenvalue weighted by molar-refractivity contribution is 0.102. The molecule has 0 bridgehead atoms. The van der Waals surface area contributed by atoms with E-state index in [4.69, 9.17) is 23.2 Å². The molecule has 0 saturated carbocycles. The molecule has 0 aliphatic carbocycles. The van der Waals surface area contributed by atoms with Crippen molar-refractivity contribution in [2.45, 2.75) is 13.5 Å². The molecule has 0 radical (unpaired) electrons. The smallest absolute Gasteiger partial charge is 0.255 e. The van der Waals surface area contributed by atoms with Crippen LogP contribution in [0.25, 0.3) is 0 Å². The number of carbonyl (C=O) groups excluding carboxylic acids is 1. The van der Waals surface area contributed by atoms with Crippen LogP contribution in [0.3, 0.4) is 0 Å². The summed E-state index contributed by atoms with van der Waals surface area (Å²) in [6.45, 7) is 6.50. The van der Waals surface area contributed by atoms with E-state index in [-0.39, 0.29) is 5.91 Å². The molecule has 6 heteroatoms. The monoisotopic (exact) mass is 453 g/mol. The highest BCUT2D eigenvalue weighted by Gasteiger charge is 2.20. The summed E-state index contributed by atoms with van der Waals surface area (Å²) in [5, 5.41) is 4.38. The zero-order chi connectivity index (χ0) is 21.8. The Labute approximate surface area is 193 Å². The molecule has 160 valence electrons. The number of nitrogens with zero attached hydrogens (tertiary/aromatic N) is 2. The lowest BCUT2D eigenvalue weighted by Gasteiger charge is -2.36. The summed E-state index contributed by atoms with van der Waals surface area (Å²) in [5.41, 5.74) is 4.59. The number of anilines is 2. The molecular weight excluding hydrogens is 429 g/mol. The molecule has 1 aliphatic heterocycles. The first kappa shape index (κ1) is 21.7. The van der Waals surface area contributed by atoms with Crippen molar-refractivity contribution in [2.24, 2.45) is 0 Å². The summed E-state index contributed by atoms with van der Waals surface area (Å²) in [7, 11) is 0. The summed E-state index contributed by atoms with van der Waals surface area (Å²) in [6.07, 6.45) is 0. The third kappa shape index (κ3) is 5.40.